The van der Waals surface area contributed by atoms with Crippen LogP contribution in [0, 0.1) is 17.1 Å². The van der Waals surface area contributed by atoms with Gasteiger partial charge in [-0.1, -0.05) is 12.1 Å². The van der Waals surface area contributed by atoms with Crippen molar-refractivity contribution in [2.75, 3.05) is 4.72 Å². The molecule has 0 radical (unpaired) electrons. The molecule has 5 nitrogen and oxygen atoms in total. The molecule has 0 spiro atoms. The Morgan fingerprint density at radius 1 is 1.24 bits per heavy atom. The van der Waals surface area contributed by atoms with Crippen LogP contribution >= 0.6 is 0 Å². The summed E-state index contributed by atoms with van der Waals surface area (Å²) in [5, 5.41) is 8.79. The average molecular weight is 305 g/mol. The Morgan fingerprint density at radius 2 is 2.00 bits per heavy atom. The first-order valence-corrected chi connectivity index (χ1v) is 7.46. The molecule has 2 aromatic rings. The van der Waals surface area contributed by atoms with Crippen molar-refractivity contribution in [3.63, 3.8) is 0 Å². The third-order valence-electron chi connectivity index (χ3n) is 2.76. The summed E-state index contributed by atoms with van der Waals surface area (Å²) in [5.74, 6) is -0.865. The number of nitrogens with one attached hydrogen (secondary N) is 1. The third kappa shape index (κ3) is 3.37. The van der Waals surface area contributed by atoms with Gasteiger partial charge in [0.2, 0.25) is 0 Å². The lowest BCUT2D eigenvalue weighted by Gasteiger charge is -2.10. The van der Waals surface area contributed by atoms with E-state index >= 15 is 0 Å². The van der Waals surface area contributed by atoms with Crippen molar-refractivity contribution in [3.05, 3.63) is 59.4 Å². The summed E-state index contributed by atoms with van der Waals surface area (Å²) >= 11 is 0. The van der Waals surface area contributed by atoms with Crippen LogP contribution in [0.2, 0.25) is 0 Å². The standard InChI is InChI=1S/C14H12FN3O2S/c15-13-5-4-11(9-17)7-14(13)21(19,20)18-12-3-1-2-10(6-12)8-16/h1-7,18H,9,17H2. The molecule has 21 heavy (non-hydrogen) atoms. The summed E-state index contributed by atoms with van der Waals surface area (Å²) in [6, 6.07) is 11.5. The summed E-state index contributed by atoms with van der Waals surface area (Å²) in [6.45, 7) is 0.104. The predicted molar refractivity (Wildman–Crippen MR) is 76.3 cm³/mol. The second kappa shape index (κ2) is 5.91. The van der Waals surface area contributed by atoms with Gasteiger partial charge in [-0.3, -0.25) is 4.72 Å². The Kier molecular flexibility index (Phi) is 4.21. The van der Waals surface area contributed by atoms with E-state index in [4.69, 9.17) is 11.0 Å². The fraction of sp³-hybridized carbons (Fsp3) is 0.0714. The molecule has 0 aromatic heterocycles. The Morgan fingerprint density at radius 3 is 2.67 bits per heavy atom. The van der Waals surface area contributed by atoms with E-state index in [2.05, 4.69) is 4.72 Å². The first-order chi connectivity index (χ1) is 9.96. The number of anilines is 1. The first-order valence-electron chi connectivity index (χ1n) is 5.98. The largest absolute Gasteiger partial charge is 0.326 e. The monoisotopic (exact) mass is 305 g/mol. The Bertz CT molecular complexity index is 813. The van der Waals surface area contributed by atoms with E-state index in [1.807, 2.05) is 6.07 Å². The fourth-order valence-electron chi connectivity index (χ4n) is 1.74. The molecule has 7 heteroatoms. The molecule has 3 N–H and O–H groups in total. The third-order valence-corrected chi connectivity index (χ3v) is 4.16. The van der Waals surface area contributed by atoms with Crippen molar-refractivity contribution in [3.8, 4) is 6.07 Å². The smallest absolute Gasteiger partial charge is 0.264 e. The molecule has 0 amide bonds. The summed E-state index contributed by atoms with van der Waals surface area (Å²) < 4.78 is 40.4. The number of nitrogens with two attached hydrogens (primary N) is 1. The van der Waals surface area contributed by atoms with Crippen molar-refractivity contribution in [2.24, 2.45) is 5.73 Å². The molecule has 0 aliphatic rings. The van der Waals surface area contributed by atoms with Crippen molar-refractivity contribution in [1.82, 2.24) is 0 Å². The maximum absolute atomic E-state index is 13.7. The number of nitrogens with zero attached hydrogens (tertiary/aromatic N) is 1. The molecule has 0 aliphatic carbocycles. The van der Waals surface area contributed by atoms with Crippen LogP contribution in [0.4, 0.5) is 10.1 Å². The zero-order valence-electron chi connectivity index (χ0n) is 10.9. The summed E-state index contributed by atoms with van der Waals surface area (Å²) in [5.41, 5.74) is 6.42. The predicted octanol–water partition coefficient (Wildman–Crippen LogP) is 1.96. The van der Waals surface area contributed by atoms with Gasteiger partial charge >= 0.3 is 0 Å². The van der Waals surface area contributed by atoms with Crippen molar-refractivity contribution in [2.45, 2.75) is 11.4 Å². The molecule has 0 saturated heterocycles. The second-order valence-corrected chi connectivity index (χ2v) is 5.92. The lowest BCUT2D eigenvalue weighted by Crippen LogP contribution is -2.15. The zero-order chi connectivity index (χ0) is 15.5. The van der Waals surface area contributed by atoms with Gasteiger partial charge in [-0.05, 0) is 35.9 Å². The van der Waals surface area contributed by atoms with Crippen LogP contribution in [0.5, 0.6) is 0 Å². The quantitative estimate of drug-likeness (QED) is 0.902. The van der Waals surface area contributed by atoms with E-state index < -0.39 is 20.7 Å². The van der Waals surface area contributed by atoms with Gasteiger partial charge < -0.3 is 5.73 Å². The average Bonchev–Trinajstić information content (AvgIpc) is 2.47. The summed E-state index contributed by atoms with van der Waals surface area (Å²) in [7, 11) is -4.09. The van der Waals surface area contributed by atoms with Gasteiger partial charge in [0.15, 0.2) is 0 Å². The molecule has 0 saturated carbocycles. The van der Waals surface area contributed by atoms with E-state index in [0.717, 1.165) is 6.07 Å². The number of hydrogen-bond acceptors (Lipinski definition) is 4. The fourth-order valence-corrected chi connectivity index (χ4v) is 2.92. The molecular weight excluding hydrogens is 293 g/mol. The van der Waals surface area contributed by atoms with E-state index in [1.54, 1.807) is 0 Å². The molecule has 2 aromatic carbocycles. The highest BCUT2D eigenvalue weighted by atomic mass is 32.2. The molecule has 0 unspecified atom stereocenters. The van der Waals surface area contributed by atoms with Crippen LogP contribution < -0.4 is 10.5 Å². The van der Waals surface area contributed by atoms with E-state index in [-0.39, 0.29) is 12.2 Å². The van der Waals surface area contributed by atoms with Gasteiger partial charge in [-0.2, -0.15) is 5.26 Å². The zero-order valence-corrected chi connectivity index (χ0v) is 11.7. The maximum Gasteiger partial charge on any atom is 0.264 e. The number of halogens is 1. The summed E-state index contributed by atoms with van der Waals surface area (Å²) in [6.07, 6.45) is 0. The summed E-state index contributed by atoms with van der Waals surface area (Å²) in [4.78, 5) is -0.479. The van der Waals surface area contributed by atoms with Gasteiger partial charge in [0.25, 0.3) is 10.0 Å². The van der Waals surface area contributed by atoms with Crippen molar-refractivity contribution >= 4 is 15.7 Å². The van der Waals surface area contributed by atoms with Gasteiger partial charge in [-0.15, -0.1) is 0 Å². The Labute approximate surface area is 121 Å². The molecule has 0 aliphatic heterocycles. The van der Waals surface area contributed by atoms with Crippen LogP contribution in [0.3, 0.4) is 0 Å². The van der Waals surface area contributed by atoms with Crippen LogP contribution in [-0.4, -0.2) is 8.42 Å². The molecule has 0 bridgehead atoms. The van der Waals surface area contributed by atoms with Crippen molar-refractivity contribution < 1.29 is 12.8 Å². The molecule has 0 heterocycles. The Hall–Kier alpha value is -2.43. The van der Waals surface area contributed by atoms with Crippen LogP contribution in [0.25, 0.3) is 0 Å². The molecule has 108 valence electrons. The number of sulfonamides is 1. The van der Waals surface area contributed by atoms with E-state index in [0.29, 0.717) is 11.1 Å². The normalized spacial score (nSPS) is 10.9. The van der Waals surface area contributed by atoms with Crippen LogP contribution in [0.15, 0.2) is 47.4 Å². The highest BCUT2D eigenvalue weighted by Gasteiger charge is 2.19. The maximum atomic E-state index is 13.7. The molecule has 0 fully saturated rings. The van der Waals surface area contributed by atoms with E-state index in [9.17, 15) is 12.8 Å². The van der Waals surface area contributed by atoms with E-state index in [1.165, 1.54) is 36.4 Å². The number of nitriles is 1. The van der Waals surface area contributed by atoms with Gasteiger partial charge in [-0.25, -0.2) is 12.8 Å². The van der Waals surface area contributed by atoms with Gasteiger partial charge in [0, 0.05) is 6.54 Å². The lowest BCUT2D eigenvalue weighted by atomic mass is 10.2. The molecular formula is C14H12FN3O2S. The minimum Gasteiger partial charge on any atom is -0.326 e. The minimum absolute atomic E-state index is 0.104. The SMILES string of the molecule is N#Cc1cccc(NS(=O)(=O)c2cc(CN)ccc2F)c1. The Balaban J connectivity index is 2.41. The topological polar surface area (TPSA) is 96.0 Å². The second-order valence-electron chi connectivity index (χ2n) is 4.27. The molecule has 0 atom stereocenters. The first kappa shape index (κ1) is 15.0. The molecule has 2 rings (SSSR count). The van der Waals surface area contributed by atoms with Crippen molar-refractivity contribution in [1.29, 1.82) is 5.26 Å². The van der Waals surface area contributed by atoms with Crippen LogP contribution in [0.1, 0.15) is 11.1 Å². The number of benzene rings is 2. The number of hydrogen-bond donors (Lipinski definition) is 2. The highest BCUT2D eigenvalue weighted by molar-refractivity contribution is 7.92. The number of rotatable bonds is 4. The van der Waals surface area contributed by atoms with Gasteiger partial charge in [0.1, 0.15) is 10.7 Å². The lowest BCUT2D eigenvalue weighted by molar-refractivity contribution is 0.569. The highest BCUT2D eigenvalue weighted by Crippen LogP contribution is 2.20. The van der Waals surface area contributed by atoms with Crippen LogP contribution in [-0.2, 0) is 16.6 Å². The van der Waals surface area contributed by atoms with Gasteiger partial charge in [0.05, 0.1) is 17.3 Å². The minimum atomic E-state index is -4.09.